The van der Waals surface area contributed by atoms with Crippen molar-refractivity contribution in [3.63, 3.8) is 0 Å². The molecule has 2 atom stereocenters. The Morgan fingerprint density at radius 3 is 3.11 bits per heavy atom. The van der Waals surface area contributed by atoms with Gasteiger partial charge in [-0.1, -0.05) is 6.07 Å². The molecule has 1 aliphatic heterocycles. The second-order valence-electron chi connectivity index (χ2n) is 4.36. The van der Waals surface area contributed by atoms with Gasteiger partial charge in [-0.25, -0.2) is 9.37 Å². The Morgan fingerprint density at radius 2 is 2.47 bits per heavy atom. The van der Waals surface area contributed by atoms with Gasteiger partial charge in [-0.05, 0) is 22.0 Å². The Kier molecular flexibility index (Phi) is 4.84. The number of nitrogens with one attached hydrogen (secondary N) is 2. The monoisotopic (exact) mass is 331 g/mol. The van der Waals surface area contributed by atoms with Gasteiger partial charge >= 0.3 is 0 Å². The molecule has 0 aromatic carbocycles. The van der Waals surface area contributed by atoms with Crippen LogP contribution in [0.2, 0.25) is 0 Å². The number of anilines is 1. The van der Waals surface area contributed by atoms with Crippen LogP contribution in [-0.4, -0.2) is 36.8 Å². The van der Waals surface area contributed by atoms with Gasteiger partial charge in [-0.15, -0.1) is 0 Å². The third-order valence-corrected chi connectivity index (χ3v) is 3.32. The lowest BCUT2D eigenvalue weighted by molar-refractivity contribution is -0.117. The van der Waals surface area contributed by atoms with Crippen molar-refractivity contribution in [2.45, 2.75) is 25.2 Å². The molecule has 1 saturated heterocycles. The molecule has 1 fully saturated rings. The molecule has 7 heteroatoms. The molecule has 0 aliphatic carbocycles. The summed E-state index contributed by atoms with van der Waals surface area (Å²) in [4.78, 5) is 16.2. The Balaban J connectivity index is 2.09. The molecule has 1 aliphatic rings. The lowest BCUT2D eigenvalue weighted by Crippen LogP contribution is -2.36. The van der Waals surface area contributed by atoms with Crippen molar-refractivity contribution >= 4 is 27.7 Å². The highest BCUT2D eigenvalue weighted by Gasteiger charge is 2.29. The van der Waals surface area contributed by atoms with E-state index in [2.05, 4.69) is 31.5 Å². The highest BCUT2D eigenvalue weighted by Crippen LogP contribution is 2.19. The zero-order valence-electron chi connectivity index (χ0n) is 10.5. The predicted molar refractivity (Wildman–Crippen MR) is 72.6 cm³/mol. The molecule has 5 nitrogen and oxygen atoms in total. The molecule has 2 rings (SSSR count). The molecule has 0 radical (unpaired) electrons. The van der Waals surface area contributed by atoms with E-state index in [-0.39, 0.29) is 18.9 Å². The molecule has 2 heterocycles. The zero-order chi connectivity index (χ0) is 13.8. The topological polar surface area (TPSA) is 63.2 Å². The SMILES string of the molecule is COCc1ccc(Br)nc1NC(=O)[C@@H]1C[C@@H](F)CN1. The number of carbonyl (C=O) groups is 1. The van der Waals surface area contributed by atoms with Crippen LogP contribution in [0.1, 0.15) is 12.0 Å². The molecule has 1 aromatic rings. The number of pyridine rings is 1. The number of aromatic nitrogens is 1. The summed E-state index contributed by atoms with van der Waals surface area (Å²) in [6, 6.07) is 3.08. The predicted octanol–water partition coefficient (Wildman–Crippen LogP) is 1.63. The van der Waals surface area contributed by atoms with E-state index in [1.165, 1.54) is 0 Å². The van der Waals surface area contributed by atoms with Crippen molar-refractivity contribution in [1.82, 2.24) is 10.3 Å². The van der Waals surface area contributed by atoms with Gasteiger partial charge < -0.3 is 15.4 Å². The summed E-state index contributed by atoms with van der Waals surface area (Å²) in [5, 5.41) is 5.54. The number of carbonyl (C=O) groups excluding carboxylic acids is 1. The van der Waals surface area contributed by atoms with Gasteiger partial charge in [0.25, 0.3) is 0 Å². The fraction of sp³-hybridized carbons (Fsp3) is 0.500. The fourth-order valence-electron chi connectivity index (χ4n) is 1.94. The number of amides is 1. The molecule has 104 valence electrons. The number of halogens is 2. The number of alkyl halides is 1. The van der Waals surface area contributed by atoms with E-state index in [0.717, 1.165) is 5.56 Å². The third kappa shape index (κ3) is 3.71. The summed E-state index contributed by atoms with van der Waals surface area (Å²) in [5.41, 5.74) is 0.772. The van der Waals surface area contributed by atoms with Crippen molar-refractivity contribution in [3.8, 4) is 0 Å². The van der Waals surface area contributed by atoms with Gasteiger partial charge in [0.15, 0.2) is 0 Å². The maximum atomic E-state index is 13.1. The Morgan fingerprint density at radius 1 is 1.68 bits per heavy atom. The van der Waals surface area contributed by atoms with E-state index in [4.69, 9.17) is 4.74 Å². The minimum atomic E-state index is -0.968. The van der Waals surface area contributed by atoms with E-state index in [1.807, 2.05) is 6.07 Å². The molecule has 1 aromatic heterocycles. The first-order valence-electron chi connectivity index (χ1n) is 5.93. The highest BCUT2D eigenvalue weighted by molar-refractivity contribution is 9.10. The van der Waals surface area contributed by atoms with Crippen LogP contribution in [0, 0.1) is 0 Å². The summed E-state index contributed by atoms with van der Waals surface area (Å²) in [5.74, 6) is 0.161. The quantitative estimate of drug-likeness (QED) is 0.823. The first kappa shape index (κ1) is 14.4. The molecular weight excluding hydrogens is 317 g/mol. The molecule has 0 bridgehead atoms. The number of nitrogens with zero attached hydrogens (tertiary/aromatic N) is 1. The minimum Gasteiger partial charge on any atom is -0.380 e. The van der Waals surface area contributed by atoms with Crippen LogP contribution in [0.4, 0.5) is 10.2 Å². The summed E-state index contributed by atoms with van der Waals surface area (Å²) in [6.07, 6.45) is -0.774. The van der Waals surface area contributed by atoms with Gasteiger partial charge in [-0.2, -0.15) is 0 Å². The lowest BCUT2D eigenvalue weighted by Gasteiger charge is -2.13. The van der Waals surface area contributed by atoms with E-state index in [0.29, 0.717) is 17.0 Å². The molecule has 19 heavy (non-hydrogen) atoms. The number of ether oxygens (including phenoxy) is 1. The Bertz CT molecular complexity index is 472. The van der Waals surface area contributed by atoms with Crippen molar-refractivity contribution in [1.29, 1.82) is 0 Å². The van der Waals surface area contributed by atoms with Crippen molar-refractivity contribution in [2.75, 3.05) is 19.0 Å². The largest absolute Gasteiger partial charge is 0.380 e. The van der Waals surface area contributed by atoms with E-state index in [1.54, 1.807) is 13.2 Å². The number of methoxy groups -OCH3 is 1. The normalized spacial score (nSPS) is 22.5. The van der Waals surface area contributed by atoms with Crippen LogP contribution in [0.3, 0.4) is 0 Å². The van der Waals surface area contributed by atoms with Crippen LogP contribution >= 0.6 is 15.9 Å². The Labute approximate surface area is 119 Å². The molecule has 2 N–H and O–H groups in total. The summed E-state index contributed by atoms with van der Waals surface area (Å²) >= 11 is 3.25. The maximum absolute atomic E-state index is 13.1. The smallest absolute Gasteiger partial charge is 0.242 e. The summed E-state index contributed by atoms with van der Waals surface area (Å²) in [7, 11) is 1.57. The van der Waals surface area contributed by atoms with Crippen LogP contribution < -0.4 is 10.6 Å². The van der Waals surface area contributed by atoms with Crippen LogP contribution in [0.5, 0.6) is 0 Å². The van der Waals surface area contributed by atoms with Crippen LogP contribution in [0.15, 0.2) is 16.7 Å². The second kappa shape index (κ2) is 6.40. The molecule has 1 amide bonds. The van der Waals surface area contributed by atoms with E-state index in [9.17, 15) is 9.18 Å². The third-order valence-electron chi connectivity index (χ3n) is 2.88. The Hall–Kier alpha value is -1.05. The number of hydrogen-bond acceptors (Lipinski definition) is 4. The van der Waals surface area contributed by atoms with Crippen LogP contribution in [-0.2, 0) is 16.1 Å². The first-order chi connectivity index (χ1) is 9.10. The van der Waals surface area contributed by atoms with Crippen molar-refractivity contribution < 1.29 is 13.9 Å². The van der Waals surface area contributed by atoms with Crippen molar-refractivity contribution in [3.05, 3.63) is 22.3 Å². The van der Waals surface area contributed by atoms with Crippen LogP contribution in [0.25, 0.3) is 0 Å². The second-order valence-corrected chi connectivity index (χ2v) is 5.17. The maximum Gasteiger partial charge on any atom is 0.242 e. The number of hydrogen-bond donors (Lipinski definition) is 2. The van der Waals surface area contributed by atoms with E-state index < -0.39 is 12.2 Å². The first-order valence-corrected chi connectivity index (χ1v) is 6.72. The van der Waals surface area contributed by atoms with Gasteiger partial charge in [0, 0.05) is 25.6 Å². The van der Waals surface area contributed by atoms with Crippen molar-refractivity contribution in [2.24, 2.45) is 0 Å². The highest BCUT2D eigenvalue weighted by atomic mass is 79.9. The van der Waals surface area contributed by atoms with Gasteiger partial charge in [-0.3, -0.25) is 4.79 Å². The molecular formula is C12H15BrFN3O2. The molecule has 0 unspecified atom stereocenters. The molecule has 0 spiro atoms. The van der Waals surface area contributed by atoms with Gasteiger partial charge in [0.2, 0.25) is 5.91 Å². The average Bonchev–Trinajstić information content (AvgIpc) is 2.80. The minimum absolute atomic E-state index is 0.194. The summed E-state index contributed by atoms with van der Waals surface area (Å²) < 4.78 is 18.7. The lowest BCUT2D eigenvalue weighted by atomic mass is 10.2. The average molecular weight is 332 g/mol. The summed E-state index contributed by atoms with van der Waals surface area (Å²) in [6.45, 7) is 0.564. The van der Waals surface area contributed by atoms with E-state index >= 15 is 0 Å². The zero-order valence-corrected chi connectivity index (χ0v) is 12.0. The standard InChI is InChI=1S/C12H15BrFN3O2/c1-19-6-7-2-3-10(13)16-11(7)17-12(18)9-4-8(14)5-15-9/h2-3,8-9,15H,4-6H2,1H3,(H,16,17,18)/t8-,9+/m1/s1. The fourth-order valence-corrected chi connectivity index (χ4v) is 2.25. The van der Waals surface area contributed by atoms with Gasteiger partial charge in [0.1, 0.15) is 16.6 Å². The van der Waals surface area contributed by atoms with Gasteiger partial charge in [0.05, 0.1) is 12.6 Å². The molecule has 0 saturated carbocycles. The number of rotatable bonds is 4.